The molecule has 5 heterocycles. The first-order chi connectivity index (χ1) is 20.7. The Morgan fingerprint density at radius 1 is 1.07 bits per heavy atom. The molecule has 0 aromatic carbocycles. The van der Waals surface area contributed by atoms with E-state index < -0.39 is 40.6 Å². The highest BCUT2D eigenvalue weighted by Gasteiger charge is 2.34. The first-order valence-corrected chi connectivity index (χ1v) is 15.3. The highest BCUT2D eigenvalue weighted by atomic mass is 31.1. The Morgan fingerprint density at radius 3 is 2.70 bits per heavy atom. The van der Waals surface area contributed by atoms with Crippen molar-refractivity contribution in [3.8, 4) is 0 Å². The molecule has 1 aliphatic rings. The molecule has 0 radical (unpaired) electrons. The van der Waals surface area contributed by atoms with Gasteiger partial charge < -0.3 is 20.9 Å². The van der Waals surface area contributed by atoms with Crippen LogP contribution < -0.4 is 17.0 Å². The fourth-order valence-corrected chi connectivity index (χ4v) is 5.57. The topological polar surface area (TPSA) is 249 Å². The summed E-state index contributed by atoms with van der Waals surface area (Å²) in [5, 5.41) is 0. The first kappa shape index (κ1) is 30.9. The molecule has 0 saturated carbocycles. The summed E-state index contributed by atoms with van der Waals surface area (Å²) >= 11 is 0. The van der Waals surface area contributed by atoms with Gasteiger partial charge in [-0.15, -0.1) is 18.1 Å². The van der Waals surface area contributed by atoms with Crippen molar-refractivity contribution >= 4 is 50.6 Å². The Hall–Kier alpha value is -3.54. The molecule has 0 spiro atoms. The van der Waals surface area contributed by atoms with Crippen molar-refractivity contribution in [1.29, 1.82) is 0 Å². The number of fused-ring (bicyclic) bond motifs is 2. The summed E-state index contributed by atoms with van der Waals surface area (Å²) in [5.41, 5.74) is 12.4. The van der Waals surface area contributed by atoms with E-state index in [1.165, 1.54) is 26.1 Å². The van der Waals surface area contributed by atoms with E-state index in [0.29, 0.717) is 29.7 Å². The van der Waals surface area contributed by atoms with Gasteiger partial charge in [-0.05, 0) is 19.8 Å². The van der Waals surface area contributed by atoms with Crippen molar-refractivity contribution in [1.82, 2.24) is 39.0 Å². The molecule has 43 heavy (non-hydrogen) atoms. The number of imidazole rings is 2. The molecule has 6 atom stereocenters. The molecule has 1 aliphatic heterocycles. The second kappa shape index (κ2) is 13.8. The Kier molecular flexibility index (Phi) is 9.94. The van der Waals surface area contributed by atoms with E-state index >= 15 is 0 Å². The summed E-state index contributed by atoms with van der Waals surface area (Å²) in [5.74, 6) is 0.179. The Labute approximate surface area is 245 Å². The SMILES string of the molecule is CO[P+](=O)OCCO[C@H](C[C@@H](C)O[P+](=O)OC[C@@H]1CC[C@H](n2cnc3c(=O)[nH]c(N)nc32)O1)n1cnc2c(N)ncnc21. The zero-order chi connectivity index (χ0) is 30.5. The summed E-state index contributed by atoms with van der Waals surface area (Å²) in [4.78, 5) is 35.2. The summed E-state index contributed by atoms with van der Waals surface area (Å²) < 4.78 is 60.0. The van der Waals surface area contributed by atoms with E-state index in [0.717, 1.165) is 0 Å². The minimum Gasteiger partial charge on any atom is -0.382 e. The first-order valence-electron chi connectivity index (χ1n) is 13.1. The molecule has 5 rings (SSSR count). The number of nitrogens with two attached hydrogens (primary N) is 2. The fourth-order valence-electron chi connectivity index (χ4n) is 4.51. The van der Waals surface area contributed by atoms with E-state index in [-0.39, 0.29) is 49.6 Å². The van der Waals surface area contributed by atoms with E-state index in [9.17, 15) is 13.9 Å². The number of H-pyrrole nitrogens is 1. The summed E-state index contributed by atoms with van der Waals surface area (Å²) in [6.07, 6.45) is 3.56. The average Bonchev–Trinajstić information content (AvgIpc) is 3.72. The van der Waals surface area contributed by atoms with Gasteiger partial charge in [0.2, 0.25) is 5.95 Å². The van der Waals surface area contributed by atoms with Gasteiger partial charge in [0.1, 0.15) is 43.6 Å². The van der Waals surface area contributed by atoms with Crippen molar-refractivity contribution < 1.29 is 36.7 Å². The molecule has 0 bridgehead atoms. The van der Waals surface area contributed by atoms with Crippen LogP contribution >= 0.6 is 16.5 Å². The normalized spacial score (nSPS) is 19.2. The number of aromatic amines is 1. The number of aromatic nitrogens is 8. The van der Waals surface area contributed by atoms with Crippen LogP contribution in [0.2, 0.25) is 0 Å². The van der Waals surface area contributed by atoms with Crippen LogP contribution in [0.25, 0.3) is 22.3 Å². The third-order valence-electron chi connectivity index (χ3n) is 6.45. The maximum absolute atomic E-state index is 12.7. The molecule has 5 N–H and O–H groups in total. The summed E-state index contributed by atoms with van der Waals surface area (Å²) in [6, 6.07) is 0. The lowest BCUT2D eigenvalue weighted by molar-refractivity contribution is -0.0360. The average molecular weight is 640 g/mol. The third-order valence-corrected chi connectivity index (χ3v) is 8.03. The maximum Gasteiger partial charge on any atom is 0.697 e. The van der Waals surface area contributed by atoms with Gasteiger partial charge in [0.05, 0.1) is 32.5 Å². The van der Waals surface area contributed by atoms with Gasteiger partial charge in [-0.2, -0.15) is 4.98 Å². The molecule has 230 valence electrons. The molecular formula is C22H30N10O9P2+2. The van der Waals surface area contributed by atoms with Gasteiger partial charge in [-0.1, -0.05) is 0 Å². The van der Waals surface area contributed by atoms with Crippen LogP contribution in [0.3, 0.4) is 0 Å². The van der Waals surface area contributed by atoms with Crippen LogP contribution in [0.4, 0.5) is 11.8 Å². The van der Waals surface area contributed by atoms with E-state index in [1.807, 2.05) is 0 Å². The molecule has 1 fully saturated rings. The van der Waals surface area contributed by atoms with Gasteiger partial charge in [-0.3, -0.25) is 18.9 Å². The van der Waals surface area contributed by atoms with Crippen LogP contribution in [0, 0.1) is 0 Å². The van der Waals surface area contributed by atoms with Gasteiger partial charge in [0, 0.05) is 15.6 Å². The minimum atomic E-state index is -2.52. The molecular weight excluding hydrogens is 610 g/mol. The zero-order valence-electron chi connectivity index (χ0n) is 23.1. The predicted octanol–water partition coefficient (Wildman–Crippen LogP) is 2.11. The summed E-state index contributed by atoms with van der Waals surface area (Å²) in [7, 11) is -3.50. The predicted molar refractivity (Wildman–Crippen MR) is 150 cm³/mol. The van der Waals surface area contributed by atoms with E-state index in [4.69, 9.17) is 34.5 Å². The molecule has 19 nitrogen and oxygen atoms in total. The molecule has 4 aromatic heterocycles. The molecule has 4 aromatic rings. The number of nitrogen functional groups attached to an aromatic ring is 2. The van der Waals surface area contributed by atoms with Crippen LogP contribution in [-0.4, -0.2) is 78.2 Å². The maximum atomic E-state index is 12.7. The molecule has 1 saturated heterocycles. The number of hydrogen-bond acceptors (Lipinski definition) is 16. The number of nitrogens with one attached hydrogen (secondary N) is 1. The quantitative estimate of drug-likeness (QED) is 0.124. The third kappa shape index (κ3) is 7.34. The monoisotopic (exact) mass is 640 g/mol. The Morgan fingerprint density at radius 2 is 1.88 bits per heavy atom. The number of nitrogens with zero attached hydrogens (tertiary/aromatic N) is 7. The van der Waals surface area contributed by atoms with E-state index in [2.05, 4.69) is 34.4 Å². The highest BCUT2D eigenvalue weighted by molar-refractivity contribution is 7.33. The van der Waals surface area contributed by atoms with Crippen molar-refractivity contribution in [2.45, 2.75) is 50.8 Å². The number of anilines is 2. The molecule has 2 unspecified atom stereocenters. The second-order valence-electron chi connectivity index (χ2n) is 9.38. The molecule has 0 amide bonds. The van der Waals surface area contributed by atoms with Crippen LogP contribution in [-0.2, 0) is 36.7 Å². The smallest absolute Gasteiger partial charge is 0.382 e. The van der Waals surface area contributed by atoms with Gasteiger partial charge in [0.25, 0.3) is 5.56 Å². The molecule has 21 heteroatoms. The van der Waals surface area contributed by atoms with Crippen molar-refractivity contribution in [3.63, 3.8) is 0 Å². The van der Waals surface area contributed by atoms with Gasteiger partial charge in [-0.25, -0.2) is 19.9 Å². The lowest BCUT2D eigenvalue weighted by atomic mass is 10.2. The van der Waals surface area contributed by atoms with Gasteiger partial charge >= 0.3 is 16.5 Å². The molecule has 0 aliphatic carbocycles. The standard InChI is InChI=1S/C22H29N10O9P2/c1-12(7-15(37-5-6-38-42(34)36-2)32-10-27-16-18(23)25-9-26-19(16)32)41-43(35)39-8-13-3-4-14(40-13)31-11-28-17-20(31)29-22(24)30-21(17)33/h9-15H,3-8H2,1-2H3,(H4-,23,24,25,26,29,30,33)/q+1/p+1/t12-,13+,14-,15-/m1/s1. The number of rotatable bonds is 15. The summed E-state index contributed by atoms with van der Waals surface area (Å²) in [6.45, 7) is 1.76. The van der Waals surface area contributed by atoms with Crippen LogP contribution in [0.1, 0.15) is 38.6 Å². The van der Waals surface area contributed by atoms with Crippen molar-refractivity contribution in [3.05, 3.63) is 29.3 Å². The minimum absolute atomic E-state index is 0.00684. The van der Waals surface area contributed by atoms with Crippen LogP contribution in [0.15, 0.2) is 23.8 Å². The van der Waals surface area contributed by atoms with E-state index in [1.54, 1.807) is 16.1 Å². The second-order valence-corrected chi connectivity index (χ2v) is 11.4. The fraction of sp³-hybridized carbons (Fsp3) is 0.545. The number of hydrogen-bond donors (Lipinski definition) is 3. The lowest BCUT2D eigenvalue weighted by Crippen LogP contribution is -2.21. The Balaban J connectivity index is 1.15. The number of ether oxygens (including phenoxy) is 2. The Bertz CT molecular complexity index is 1660. The van der Waals surface area contributed by atoms with Gasteiger partial charge in [0.15, 0.2) is 22.6 Å². The zero-order valence-corrected chi connectivity index (χ0v) is 24.9. The van der Waals surface area contributed by atoms with Crippen molar-refractivity contribution in [2.75, 3.05) is 38.4 Å². The largest absolute Gasteiger partial charge is 0.697 e. The van der Waals surface area contributed by atoms with Crippen LogP contribution in [0.5, 0.6) is 0 Å². The van der Waals surface area contributed by atoms with Crippen molar-refractivity contribution in [2.24, 2.45) is 0 Å². The highest BCUT2D eigenvalue weighted by Crippen LogP contribution is 2.35. The lowest BCUT2D eigenvalue weighted by Gasteiger charge is -2.20.